The number of nitrogens with one attached hydrogen (secondary N) is 1. The molecule has 0 unspecified atom stereocenters. The molecular weight excluding hydrogens is 332 g/mol. The van der Waals surface area contributed by atoms with Crippen LogP contribution in [-0.2, 0) is 4.79 Å². The predicted octanol–water partition coefficient (Wildman–Crippen LogP) is 3.47. The van der Waals surface area contributed by atoms with Crippen molar-refractivity contribution in [1.82, 2.24) is 0 Å². The fourth-order valence-corrected chi connectivity index (χ4v) is 2.96. The molecule has 1 saturated heterocycles. The number of nitrogens with zero attached hydrogens (tertiary/aromatic N) is 1. The average Bonchev–Trinajstić information content (AvgIpc) is 3.09. The highest BCUT2D eigenvalue weighted by Gasteiger charge is 2.22. The molecule has 0 radical (unpaired) electrons. The molecule has 0 spiro atoms. The zero-order valence-corrected chi connectivity index (χ0v) is 15.0. The summed E-state index contributed by atoms with van der Waals surface area (Å²) in [4.78, 5) is 26.2. The van der Waals surface area contributed by atoms with Crippen LogP contribution >= 0.6 is 0 Å². The van der Waals surface area contributed by atoms with Gasteiger partial charge in [-0.3, -0.25) is 9.59 Å². The Hall–Kier alpha value is -3.02. The molecular formula is C20H22N2O4. The van der Waals surface area contributed by atoms with E-state index >= 15 is 0 Å². The Kier molecular flexibility index (Phi) is 5.41. The van der Waals surface area contributed by atoms with Gasteiger partial charge in [0.25, 0.3) is 5.91 Å². The molecule has 2 amide bonds. The van der Waals surface area contributed by atoms with Gasteiger partial charge in [0.05, 0.1) is 13.7 Å². The molecule has 0 aromatic heterocycles. The van der Waals surface area contributed by atoms with E-state index in [1.165, 1.54) is 0 Å². The summed E-state index contributed by atoms with van der Waals surface area (Å²) >= 11 is 0. The first-order valence-corrected chi connectivity index (χ1v) is 8.65. The fraction of sp³-hybridized carbons (Fsp3) is 0.300. The van der Waals surface area contributed by atoms with Crippen molar-refractivity contribution in [3.63, 3.8) is 0 Å². The first kappa shape index (κ1) is 17.8. The molecule has 1 N–H and O–H groups in total. The second-order valence-electron chi connectivity index (χ2n) is 5.95. The van der Waals surface area contributed by atoms with Crippen LogP contribution in [0.25, 0.3) is 0 Å². The largest absolute Gasteiger partial charge is 0.493 e. The van der Waals surface area contributed by atoms with Crippen molar-refractivity contribution in [3.8, 4) is 11.5 Å². The minimum absolute atomic E-state index is 0.0961. The van der Waals surface area contributed by atoms with Gasteiger partial charge in [0, 0.05) is 36.0 Å². The van der Waals surface area contributed by atoms with Gasteiger partial charge < -0.3 is 19.7 Å². The van der Waals surface area contributed by atoms with Crippen LogP contribution in [0, 0.1) is 0 Å². The third kappa shape index (κ3) is 3.79. The maximum absolute atomic E-state index is 12.6. The van der Waals surface area contributed by atoms with Crippen LogP contribution in [0.5, 0.6) is 11.5 Å². The zero-order chi connectivity index (χ0) is 18.5. The molecule has 1 aliphatic heterocycles. The lowest BCUT2D eigenvalue weighted by atomic mass is 10.1. The third-order valence-electron chi connectivity index (χ3n) is 4.21. The highest BCUT2D eigenvalue weighted by molar-refractivity contribution is 6.05. The Morgan fingerprint density at radius 3 is 2.73 bits per heavy atom. The van der Waals surface area contributed by atoms with Gasteiger partial charge in [0.1, 0.15) is 0 Å². The summed E-state index contributed by atoms with van der Waals surface area (Å²) in [6.07, 6.45) is 1.41. The van der Waals surface area contributed by atoms with Crippen molar-refractivity contribution in [2.24, 2.45) is 0 Å². The van der Waals surface area contributed by atoms with E-state index in [2.05, 4.69) is 5.32 Å². The molecule has 2 aromatic rings. The van der Waals surface area contributed by atoms with E-state index in [4.69, 9.17) is 9.47 Å². The Labute approximate surface area is 152 Å². The van der Waals surface area contributed by atoms with Crippen molar-refractivity contribution in [2.75, 3.05) is 30.5 Å². The number of hydrogen-bond acceptors (Lipinski definition) is 4. The smallest absolute Gasteiger partial charge is 0.255 e. The van der Waals surface area contributed by atoms with Crippen molar-refractivity contribution < 1.29 is 19.1 Å². The normalized spacial score (nSPS) is 13.6. The number of benzene rings is 2. The number of carbonyl (C=O) groups is 2. The van der Waals surface area contributed by atoms with Crippen LogP contribution < -0.4 is 19.7 Å². The molecule has 2 aromatic carbocycles. The van der Waals surface area contributed by atoms with E-state index in [1.807, 2.05) is 13.0 Å². The highest BCUT2D eigenvalue weighted by Crippen LogP contribution is 2.30. The molecule has 26 heavy (non-hydrogen) atoms. The fourth-order valence-electron chi connectivity index (χ4n) is 2.96. The van der Waals surface area contributed by atoms with Gasteiger partial charge in [-0.1, -0.05) is 6.07 Å². The Morgan fingerprint density at radius 1 is 1.19 bits per heavy atom. The molecule has 3 rings (SSSR count). The average molecular weight is 354 g/mol. The zero-order valence-electron chi connectivity index (χ0n) is 15.0. The summed E-state index contributed by atoms with van der Waals surface area (Å²) in [5.41, 5.74) is 1.86. The number of carbonyl (C=O) groups excluding carboxylic acids is 2. The number of methoxy groups -OCH3 is 1. The molecule has 1 fully saturated rings. The van der Waals surface area contributed by atoms with E-state index in [-0.39, 0.29) is 11.8 Å². The van der Waals surface area contributed by atoms with E-state index in [9.17, 15) is 9.59 Å². The lowest BCUT2D eigenvalue weighted by Crippen LogP contribution is -2.24. The lowest BCUT2D eigenvalue weighted by Gasteiger charge is -2.16. The Morgan fingerprint density at radius 2 is 2.04 bits per heavy atom. The van der Waals surface area contributed by atoms with Gasteiger partial charge in [0.2, 0.25) is 5.91 Å². The van der Waals surface area contributed by atoms with Crippen molar-refractivity contribution in [1.29, 1.82) is 0 Å². The summed E-state index contributed by atoms with van der Waals surface area (Å²) in [5, 5.41) is 2.85. The van der Waals surface area contributed by atoms with Gasteiger partial charge >= 0.3 is 0 Å². The van der Waals surface area contributed by atoms with Crippen LogP contribution in [0.4, 0.5) is 11.4 Å². The summed E-state index contributed by atoms with van der Waals surface area (Å²) in [6.45, 7) is 3.12. The summed E-state index contributed by atoms with van der Waals surface area (Å²) in [5.74, 6) is 1.03. The number of anilines is 2. The van der Waals surface area contributed by atoms with Gasteiger partial charge in [-0.2, -0.15) is 0 Å². The first-order valence-electron chi connectivity index (χ1n) is 8.65. The molecule has 1 aliphatic rings. The number of hydrogen-bond donors (Lipinski definition) is 1. The number of rotatable bonds is 6. The molecule has 1 heterocycles. The number of ether oxygens (including phenoxy) is 2. The van der Waals surface area contributed by atoms with Gasteiger partial charge in [-0.05, 0) is 43.7 Å². The second kappa shape index (κ2) is 7.91. The Balaban J connectivity index is 1.77. The SMILES string of the molecule is CCOc1ccc(NC(=O)c2cccc(N3CCCC3=O)c2)cc1OC. The van der Waals surface area contributed by atoms with Crippen molar-refractivity contribution in [2.45, 2.75) is 19.8 Å². The topological polar surface area (TPSA) is 67.9 Å². The van der Waals surface area contributed by atoms with Gasteiger partial charge in [-0.25, -0.2) is 0 Å². The standard InChI is InChI=1S/C20H22N2O4/c1-3-26-17-10-9-15(13-18(17)25-2)21-20(24)14-6-4-7-16(12-14)22-11-5-8-19(22)23/h4,6-7,9-10,12-13H,3,5,8,11H2,1-2H3,(H,21,24). The lowest BCUT2D eigenvalue weighted by molar-refractivity contribution is -0.117. The number of amides is 2. The van der Waals surface area contributed by atoms with Gasteiger partial charge in [-0.15, -0.1) is 0 Å². The van der Waals surface area contributed by atoms with Crippen molar-refractivity contribution >= 4 is 23.2 Å². The first-order chi connectivity index (χ1) is 12.6. The van der Waals surface area contributed by atoms with Gasteiger partial charge in [0.15, 0.2) is 11.5 Å². The molecule has 6 heteroatoms. The van der Waals surface area contributed by atoms with Crippen molar-refractivity contribution in [3.05, 3.63) is 48.0 Å². The van der Waals surface area contributed by atoms with Crippen LogP contribution in [-0.4, -0.2) is 32.1 Å². The van der Waals surface area contributed by atoms with Crippen LogP contribution in [0.2, 0.25) is 0 Å². The summed E-state index contributed by atoms with van der Waals surface area (Å²) < 4.78 is 10.8. The highest BCUT2D eigenvalue weighted by atomic mass is 16.5. The van der Waals surface area contributed by atoms with E-state index in [1.54, 1.807) is 48.4 Å². The molecule has 6 nitrogen and oxygen atoms in total. The van der Waals surface area contributed by atoms with E-state index < -0.39 is 0 Å². The van der Waals surface area contributed by atoms with Crippen LogP contribution in [0.1, 0.15) is 30.1 Å². The minimum atomic E-state index is -0.246. The summed E-state index contributed by atoms with van der Waals surface area (Å²) in [7, 11) is 1.56. The van der Waals surface area contributed by atoms with Crippen LogP contribution in [0.3, 0.4) is 0 Å². The molecule has 0 atom stereocenters. The second-order valence-corrected chi connectivity index (χ2v) is 5.95. The monoisotopic (exact) mass is 354 g/mol. The minimum Gasteiger partial charge on any atom is -0.493 e. The summed E-state index contributed by atoms with van der Waals surface area (Å²) in [6, 6.07) is 12.3. The van der Waals surface area contributed by atoms with E-state index in [0.29, 0.717) is 42.3 Å². The quantitative estimate of drug-likeness (QED) is 0.862. The predicted molar refractivity (Wildman–Crippen MR) is 100 cm³/mol. The molecule has 0 bridgehead atoms. The Bertz CT molecular complexity index is 819. The van der Waals surface area contributed by atoms with Crippen LogP contribution in [0.15, 0.2) is 42.5 Å². The molecule has 0 saturated carbocycles. The molecule has 0 aliphatic carbocycles. The van der Waals surface area contributed by atoms with E-state index in [0.717, 1.165) is 12.1 Å². The third-order valence-corrected chi connectivity index (χ3v) is 4.21. The maximum Gasteiger partial charge on any atom is 0.255 e. The maximum atomic E-state index is 12.6. The molecule has 136 valence electrons.